The lowest BCUT2D eigenvalue weighted by Crippen LogP contribution is -2.27. The molecular weight excluding hydrogens is 290 g/mol. The minimum absolute atomic E-state index is 1.24. The van der Waals surface area contributed by atoms with Gasteiger partial charge in [0.05, 0.1) is 0 Å². The molecular formula is C23H41N. The molecule has 138 valence electrons. The van der Waals surface area contributed by atoms with E-state index in [9.17, 15) is 0 Å². The first-order chi connectivity index (χ1) is 11.9. The highest BCUT2D eigenvalue weighted by Crippen LogP contribution is 2.09. The Balaban J connectivity index is 2.14. The van der Waals surface area contributed by atoms with Crippen molar-refractivity contribution in [1.29, 1.82) is 0 Å². The quantitative estimate of drug-likeness (QED) is 0.299. The number of hydrogen-bond donors (Lipinski definition) is 0. The molecule has 0 aromatic heterocycles. The van der Waals surface area contributed by atoms with Crippen LogP contribution >= 0.6 is 0 Å². The molecule has 0 heterocycles. The number of aryl methyl sites for hydroxylation is 1. The topological polar surface area (TPSA) is 3.24 Å². The van der Waals surface area contributed by atoms with Crippen molar-refractivity contribution in [2.75, 3.05) is 19.6 Å². The van der Waals surface area contributed by atoms with Crippen molar-refractivity contribution in [3.63, 3.8) is 0 Å². The van der Waals surface area contributed by atoms with Crippen LogP contribution in [0.25, 0.3) is 0 Å². The van der Waals surface area contributed by atoms with Crippen LogP contribution in [0.1, 0.15) is 90.0 Å². The van der Waals surface area contributed by atoms with Crippen molar-refractivity contribution in [2.45, 2.75) is 90.9 Å². The van der Waals surface area contributed by atoms with E-state index in [4.69, 9.17) is 0 Å². The molecule has 0 spiro atoms. The highest BCUT2D eigenvalue weighted by atomic mass is 15.1. The van der Waals surface area contributed by atoms with Gasteiger partial charge in [0.1, 0.15) is 0 Å². The van der Waals surface area contributed by atoms with Gasteiger partial charge in [-0.3, -0.25) is 0 Å². The van der Waals surface area contributed by atoms with E-state index in [0.717, 1.165) is 0 Å². The summed E-state index contributed by atoms with van der Waals surface area (Å²) >= 11 is 0. The van der Waals surface area contributed by atoms with E-state index in [-0.39, 0.29) is 0 Å². The van der Waals surface area contributed by atoms with E-state index >= 15 is 0 Å². The Morgan fingerprint density at radius 3 is 1.58 bits per heavy atom. The lowest BCUT2D eigenvalue weighted by molar-refractivity contribution is 0.255. The molecule has 0 unspecified atom stereocenters. The van der Waals surface area contributed by atoms with E-state index in [2.05, 4.69) is 49.1 Å². The summed E-state index contributed by atoms with van der Waals surface area (Å²) in [5.41, 5.74) is 1.49. The maximum atomic E-state index is 2.74. The fourth-order valence-corrected chi connectivity index (χ4v) is 3.35. The summed E-state index contributed by atoms with van der Waals surface area (Å²) < 4.78 is 0. The van der Waals surface area contributed by atoms with Crippen molar-refractivity contribution >= 4 is 0 Å². The standard InChI is InChI=1S/C23H41N/c1-3-5-7-14-20-24(21-15-8-6-4-2)22-16-10-13-19-23-17-11-9-12-18-23/h9,11-12,17-18H,3-8,10,13-16,19-22H2,1-2H3. The first-order valence-electron chi connectivity index (χ1n) is 10.6. The van der Waals surface area contributed by atoms with Crippen molar-refractivity contribution in [2.24, 2.45) is 0 Å². The van der Waals surface area contributed by atoms with Crippen LogP contribution in [0.15, 0.2) is 30.3 Å². The van der Waals surface area contributed by atoms with E-state index in [1.807, 2.05) is 0 Å². The zero-order valence-electron chi connectivity index (χ0n) is 16.4. The highest BCUT2D eigenvalue weighted by Gasteiger charge is 2.04. The normalized spacial score (nSPS) is 11.3. The molecule has 1 heteroatoms. The van der Waals surface area contributed by atoms with Gasteiger partial charge in [0.2, 0.25) is 0 Å². The monoisotopic (exact) mass is 331 g/mol. The molecule has 0 aliphatic heterocycles. The minimum atomic E-state index is 1.24. The van der Waals surface area contributed by atoms with Crippen LogP contribution in [0.5, 0.6) is 0 Å². The van der Waals surface area contributed by atoms with Gasteiger partial charge in [0, 0.05) is 0 Å². The predicted molar refractivity (Wildman–Crippen MR) is 109 cm³/mol. The molecule has 1 aromatic rings. The van der Waals surface area contributed by atoms with E-state index in [1.165, 1.54) is 102 Å². The van der Waals surface area contributed by atoms with Gasteiger partial charge in [-0.25, -0.2) is 0 Å². The van der Waals surface area contributed by atoms with Crippen molar-refractivity contribution in [3.8, 4) is 0 Å². The smallest absolute Gasteiger partial charge is 0.00187 e. The molecule has 1 aromatic carbocycles. The third-order valence-electron chi connectivity index (χ3n) is 4.94. The maximum absolute atomic E-state index is 2.74. The fourth-order valence-electron chi connectivity index (χ4n) is 3.35. The summed E-state index contributed by atoms with van der Waals surface area (Å²) in [7, 11) is 0. The van der Waals surface area contributed by atoms with Crippen molar-refractivity contribution in [3.05, 3.63) is 35.9 Å². The van der Waals surface area contributed by atoms with Crippen LogP contribution < -0.4 is 0 Å². The van der Waals surface area contributed by atoms with E-state index in [1.54, 1.807) is 0 Å². The molecule has 1 rings (SSSR count). The third kappa shape index (κ3) is 11.7. The van der Waals surface area contributed by atoms with E-state index in [0.29, 0.717) is 0 Å². The summed E-state index contributed by atoms with van der Waals surface area (Å²) in [6.07, 6.45) is 16.4. The second kappa shape index (κ2) is 15.7. The molecule has 1 nitrogen and oxygen atoms in total. The summed E-state index contributed by atoms with van der Waals surface area (Å²) in [5.74, 6) is 0. The molecule has 0 radical (unpaired) electrons. The van der Waals surface area contributed by atoms with Crippen LogP contribution in [0.2, 0.25) is 0 Å². The SMILES string of the molecule is CCCCCCN(CCCCCC)CCCCCc1ccccc1. The Hall–Kier alpha value is -0.820. The van der Waals surface area contributed by atoms with Crippen molar-refractivity contribution < 1.29 is 0 Å². The first-order valence-corrected chi connectivity index (χ1v) is 10.6. The molecule has 0 amide bonds. The highest BCUT2D eigenvalue weighted by molar-refractivity contribution is 5.14. The Morgan fingerprint density at radius 1 is 0.583 bits per heavy atom. The van der Waals surface area contributed by atoms with Gasteiger partial charge in [0.25, 0.3) is 0 Å². The molecule has 0 aliphatic carbocycles. The van der Waals surface area contributed by atoms with Gasteiger partial charge in [-0.15, -0.1) is 0 Å². The summed E-state index contributed by atoms with van der Waals surface area (Å²) in [6, 6.07) is 10.9. The van der Waals surface area contributed by atoms with Crippen LogP contribution in [0.3, 0.4) is 0 Å². The summed E-state index contributed by atoms with van der Waals surface area (Å²) in [4.78, 5) is 2.74. The average Bonchev–Trinajstić information content (AvgIpc) is 2.62. The predicted octanol–water partition coefficient (Wildman–Crippen LogP) is 6.86. The third-order valence-corrected chi connectivity index (χ3v) is 4.94. The van der Waals surface area contributed by atoms with Gasteiger partial charge in [-0.2, -0.15) is 0 Å². The average molecular weight is 332 g/mol. The van der Waals surface area contributed by atoms with Crippen LogP contribution in [0.4, 0.5) is 0 Å². The van der Waals surface area contributed by atoms with Crippen molar-refractivity contribution in [1.82, 2.24) is 4.90 Å². The number of nitrogens with zero attached hydrogens (tertiary/aromatic N) is 1. The van der Waals surface area contributed by atoms with Crippen LogP contribution in [-0.2, 0) is 6.42 Å². The second-order valence-corrected chi connectivity index (χ2v) is 7.26. The molecule has 0 bridgehead atoms. The largest absolute Gasteiger partial charge is 0.303 e. The van der Waals surface area contributed by atoms with Gasteiger partial charge < -0.3 is 4.90 Å². The van der Waals surface area contributed by atoms with Gasteiger partial charge in [-0.1, -0.05) is 89.1 Å². The summed E-state index contributed by atoms with van der Waals surface area (Å²) in [6.45, 7) is 8.56. The first kappa shape index (κ1) is 21.2. The molecule has 0 saturated heterocycles. The minimum Gasteiger partial charge on any atom is -0.303 e. The van der Waals surface area contributed by atoms with Crippen LogP contribution in [0, 0.1) is 0 Å². The lowest BCUT2D eigenvalue weighted by atomic mass is 10.1. The summed E-state index contributed by atoms with van der Waals surface area (Å²) in [5, 5.41) is 0. The fraction of sp³-hybridized carbons (Fsp3) is 0.739. The molecule has 0 atom stereocenters. The van der Waals surface area contributed by atoms with Crippen LogP contribution in [-0.4, -0.2) is 24.5 Å². The van der Waals surface area contributed by atoms with Gasteiger partial charge >= 0.3 is 0 Å². The lowest BCUT2D eigenvalue weighted by Gasteiger charge is -2.22. The Bertz CT molecular complexity index is 348. The maximum Gasteiger partial charge on any atom is -0.00187 e. The Labute approximate surface area is 151 Å². The molecule has 0 aliphatic rings. The Morgan fingerprint density at radius 2 is 1.08 bits per heavy atom. The zero-order valence-corrected chi connectivity index (χ0v) is 16.4. The van der Waals surface area contributed by atoms with Gasteiger partial charge in [0.15, 0.2) is 0 Å². The van der Waals surface area contributed by atoms with E-state index < -0.39 is 0 Å². The zero-order chi connectivity index (χ0) is 17.3. The molecule has 0 fully saturated rings. The number of rotatable bonds is 16. The van der Waals surface area contributed by atoms with Gasteiger partial charge in [-0.05, 0) is 57.3 Å². The number of unbranched alkanes of at least 4 members (excludes halogenated alkanes) is 8. The molecule has 24 heavy (non-hydrogen) atoms. The number of benzene rings is 1. The molecule has 0 saturated carbocycles. The number of hydrogen-bond acceptors (Lipinski definition) is 1. The second-order valence-electron chi connectivity index (χ2n) is 7.26. The molecule has 0 N–H and O–H groups in total. The Kier molecular flexibility index (Phi) is 13.9.